The van der Waals surface area contributed by atoms with E-state index in [9.17, 15) is 9.59 Å². The molecule has 1 N–H and O–H groups in total. The zero-order valence-electron chi connectivity index (χ0n) is 10.3. The summed E-state index contributed by atoms with van der Waals surface area (Å²) in [5.74, 6) is -0.413. The van der Waals surface area contributed by atoms with Gasteiger partial charge in [-0.2, -0.15) is 0 Å². The van der Waals surface area contributed by atoms with Crippen LogP contribution in [0.1, 0.15) is 47.0 Å². The molecule has 0 spiro atoms. The van der Waals surface area contributed by atoms with Gasteiger partial charge in [0.05, 0.1) is 0 Å². The molecule has 0 bridgehead atoms. The molecule has 0 aliphatic rings. The molecule has 0 aromatic rings. The van der Waals surface area contributed by atoms with Crippen LogP contribution < -0.4 is 0 Å². The summed E-state index contributed by atoms with van der Waals surface area (Å²) in [4.78, 5) is 22.6. The van der Waals surface area contributed by atoms with E-state index >= 15 is 0 Å². The molecule has 0 saturated carbocycles. The molecule has 0 aliphatic heterocycles. The van der Waals surface area contributed by atoms with Crippen LogP contribution in [0.3, 0.4) is 0 Å². The zero-order valence-corrected chi connectivity index (χ0v) is 10.3. The smallest absolute Gasteiger partial charge is 0.181 e. The summed E-state index contributed by atoms with van der Waals surface area (Å²) in [5, 5.41) is 11.7. The summed E-state index contributed by atoms with van der Waals surface area (Å²) in [5.41, 5.74) is 1.03. The second-order valence-corrected chi connectivity index (χ2v) is 3.77. The lowest BCUT2D eigenvalue weighted by Crippen LogP contribution is -2.15. The van der Waals surface area contributed by atoms with Gasteiger partial charge in [0.15, 0.2) is 11.6 Å². The SMILES string of the molecule is CCCCC(C(C)=O)=C(C)C(=NO)C(C)=O. The maximum atomic E-state index is 11.4. The molecule has 16 heavy (non-hydrogen) atoms. The minimum Gasteiger partial charge on any atom is -0.410 e. The van der Waals surface area contributed by atoms with Crippen LogP contribution in [0.5, 0.6) is 0 Å². The number of rotatable bonds is 6. The van der Waals surface area contributed by atoms with E-state index in [1.54, 1.807) is 6.92 Å². The first-order valence-electron chi connectivity index (χ1n) is 5.39. The third kappa shape index (κ3) is 3.96. The summed E-state index contributed by atoms with van der Waals surface area (Å²) >= 11 is 0. The number of carbonyl (C=O) groups excluding carboxylic acids is 2. The Labute approximate surface area is 96.0 Å². The predicted octanol–water partition coefficient (Wildman–Crippen LogP) is 2.50. The molecule has 0 amide bonds. The first kappa shape index (κ1) is 14.6. The van der Waals surface area contributed by atoms with E-state index in [2.05, 4.69) is 5.16 Å². The van der Waals surface area contributed by atoms with Crippen LogP contribution in [0.2, 0.25) is 0 Å². The number of carbonyl (C=O) groups is 2. The lowest BCUT2D eigenvalue weighted by Gasteiger charge is -2.08. The van der Waals surface area contributed by atoms with Crippen molar-refractivity contribution in [3.05, 3.63) is 11.1 Å². The highest BCUT2D eigenvalue weighted by molar-refractivity contribution is 6.45. The van der Waals surface area contributed by atoms with E-state index in [0.29, 0.717) is 17.6 Å². The van der Waals surface area contributed by atoms with Crippen molar-refractivity contribution in [3.63, 3.8) is 0 Å². The largest absolute Gasteiger partial charge is 0.410 e. The van der Waals surface area contributed by atoms with Crippen molar-refractivity contribution in [1.29, 1.82) is 0 Å². The maximum Gasteiger partial charge on any atom is 0.181 e. The van der Waals surface area contributed by atoms with Crippen molar-refractivity contribution in [2.45, 2.75) is 47.0 Å². The standard InChI is InChI=1S/C12H19NO3/c1-5-6-7-11(9(3)14)8(2)12(13-16)10(4)15/h16H,5-7H2,1-4H3. The number of Topliss-reactive ketones (excluding diaryl/α,β-unsaturated/α-hetero) is 2. The highest BCUT2D eigenvalue weighted by Crippen LogP contribution is 2.15. The number of hydrogen-bond donors (Lipinski definition) is 1. The van der Waals surface area contributed by atoms with Gasteiger partial charge in [-0.1, -0.05) is 18.5 Å². The first-order valence-corrected chi connectivity index (χ1v) is 5.39. The molecule has 0 aliphatic carbocycles. The molecule has 0 fully saturated rings. The van der Waals surface area contributed by atoms with Crippen molar-refractivity contribution >= 4 is 17.3 Å². The minimum absolute atomic E-state index is 0.0266. The van der Waals surface area contributed by atoms with Gasteiger partial charge < -0.3 is 5.21 Å². The van der Waals surface area contributed by atoms with Crippen LogP contribution in [-0.2, 0) is 9.59 Å². The van der Waals surface area contributed by atoms with Crippen molar-refractivity contribution in [2.75, 3.05) is 0 Å². The number of oxime groups is 1. The van der Waals surface area contributed by atoms with Gasteiger partial charge >= 0.3 is 0 Å². The fraction of sp³-hybridized carbons (Fsp3) is 0.583. The fourth-order valence-electron chi connectivity index (χ4n) is 1.53. The minimum atomic E-state index is -0.338. The molecule has 0 aromatic heterocycles. The number of unbranched alkanes of at least 4 members (excludes halogenated alkanes) is 1. The molecule has 0 saturated heterocycles. The average Bonchev–Trinajstić information content (AvgIpc) is 2.18. The Morgan fingerprint density at radius 1 is 1.12 bits per heavy atom. The third-order valence-corrected chi connectivity index (χ3v) is 2.45. The number of ketones is 2. The Balaban J connectivity index is 5.25. The van der Waals surface area contributed by atoms with Crippen molar-refractivity contribution < 1.29 is 14.8 Å². The van der Waals surface area contributed by atoms with Crippen molar-refractivity contribution in [2.24, 2.45) is 5.16 Å². The van der Waals surface area contributed by atoms with Gasteiger partial charge in [0.1, 0.15) is 5.71 Å². The lowest BCUT2D eigenvalue weighted by atomic mass is 9.96. The molecular weight excluding hydrogens is 206 g/mol. The van der Waals surface area contributed by atoms with Gasteiger partial charge in [0.25, 0.3) is 0 Å². The predicted molar refractivity (Wildman–Crippen MR) is 62.8 cm³/mol. The molecule has 0 radical (unpaired) electrons. The zero-order chi connectivity index (χ0) is 12.7. The molecule has 4 nitrogen and oxygen atoms in total. The quantitative estimate of drug-likeness (QED) is 0.327. The first-order chi connectivity index (χ1) is 7.45. The normalized spacial score (nSPS) is 13.4. The van der Waals surface area contributed by atoms with Gasteiger partial charge in [0.2, 0.25) is 0 Å². The number of hydrogen-bond acceptors (Lipinski definition) is 4. The van der Waals surface area contributed by atoms with Crippen molar-refractivity contribution in [1.82, 2.24) is 0 Å². The number of nitrogens with zero attached hydrogens (tertiary/aromatic N) is 1. The Morgan fingerprint density at radius 3 is 2.00 bits per heavy atom. The van der Waals surface area contributed by atoms with Gasteiger partial charge in [-0.3, -0.25) is 9.59 Å². The Hall–Kier alpha value is -1.45. The Bertz CT molecular complexity index is 340. The summed E-state index contributed by atoms with van der Waals surface area (Å²) < 4.78 is 0. The molecule has 4 heteroatoms. The summed E-state index contributed by atoms with van der Waals surface area (Å²) in [7, 11) is 0. The highest BCUT2D eigenvalue weighted by Gasteiger charge is 2.16. The molecule has 0 rings (SSSR count). The highest BCUT2D eigenvalue weighted by atomic mass is 16.4. The van der Waals surface area contributed by atoms with Crippen LogP contribution in [0, 0.1) is 0 Å². The van der Waals surface area contributed by atoms with Gasteiger partial charge in [-0.15, -0.1) is 0 Å². The van der Waals surface area contributed by atoms with Gasteiger partial charge in [0, 0.05) is 12.5 Å². The van der Waals surface area contributed by atoms with Crippen LogP contribution >= 0.6 is 0 Å². The van der Waals surface area contributed by atoms with E-state index < -0.39 is 0 Å². The molecular formula is C12H19NO3. The van der Waals surface area contributed by atoms with Crippen molar-refractivity contribution in [3.8, 4) is 0 Å². The molecule has 0 atom stereocenters. The van der Waals surface area contributed by atoms with Crippen LogP contribution in [-0.4, -0.2) is 22.5 Å². The topological polar surface area (TPSA) is 66.7 Å². The van der Waals surface area contributed by atoms with Gasteiger partial charge in [-0.25, -0.2) is 0 Å². The van der Waals surface area contributed by atoms with E-state index in [1.165, 1.54) is 13.8 Å². The fourth-order valence-corrected chi connectivity index (χ4v) is 1.53. The Kier molecular flexibility index (Phi) is 6.30. The van der Waals surface area contributed by atoms with E-state index in [1.807, 2.05) is 6.92 Å². The second-order valence-electron chi connectivity index (χ2n) is 3.77. The maximum absolute atomic E-state index is 11.4. The van der Waals surface area contributed by atoms with E-state index in [4.69, 9.17) is 5.21 Å². The van der Waals surface area contributed by atoms with Crippen LogP contribution in [0.15, 0.2) is 16.3 Å². The lowest BCUT2D eigenvalue weighted by molar-refractivity contribution is -0.113. The van der Waals surface area contributed by atoms with E-state index in [0.717, 1.165) is 12.8 Å². The monoisotopic (exact) mass is 225 g/mol. The molecule has 90 valence electrons. The Morgan fingerprint density at radius 2 is 1.69 bits per heavy atom. The third-order valence-electron chi connectivity index (χ3n) is 2.45. The molecule has 0 unspecified atom stereocenters. The van der Waals surface area contributed by atoms with Crippen LogP contribution in [0.25, 0.3) is 0 Å². The summed E-state index contributed by atoms with van der Waals surface area (Å²) in [6.07, 6.45) is 2.46. The number of allylic oxidation sites excluding steroid dienone is 2. The summed E-state index contributed by atoms with van der Waals surface area (Å²) in [6.45, 7) is 6.45. The molecule has 0 heterocycles. The second kappa shape index (κ2) is 6.93. The van der Waals surface area contributed by atoms with E-state index in [-0.39, 0.29) is 17.3 Å². The average molecular weight is 225 g/mol. The van der Waals surface area contributed by atoms with Crippen LogP contribution in [0.4, 0.5) is 0 Å². The molecule has 0 aromatic carbocycles. The van der Waals surface area contributed by atoms with Gasteiger partial charge in [-0.05, 0) is 32.3 Å². The summed E-state index contributed by atoms with van der Waals surface area (Å²) in [6, 6.07) is 0.